The third-order valence-electron chi connectivity index (χ3n) is 6.17. The lowest BCUT2D eigenvalue weighted by atomic mass is 10.0. The van der Waals surface area contributed by atoms with Crippen LogP contribution in [0, 0.1) is 0 Å². The van der Waals surface area contributed by atoms with Gasteiger partial charge in [-0.1, -0.05) is 36.8 Å². The predicted molar refractivity (Wildman–Crippen MR) is 128 cm³/mol. The van der Waals surface area contributed by atoms with Crippen LogP contribution in [0.1, 0.15) is 73.6 Å². The van der Waals surface area contributed by atoms with Gasteiger partial charge in [0.05, 0.1) is 0 Å². The summed E-state index contributed by atoms with van der Waals surface area (Å²) in [4.78, 5) is 24.0. The minimum absolute atomic E-state index is 0.127. The molecule has 5 nitrogen and oxygen atoms in total. The molecular formula is C28H36O5. The Balaban J connectivity index is 1.13. The van der Waals surface area contributed by atoms with Gasteiger partial charge >= 0.3 is 5.97 Å². The molecule has 0 aromatic heterocycles. The van der Waals surface area contributed by atoms with Gasteiger partial charge < -0.3 is 14.6 Å². The number of esters is 1. The summed E-state index contributed by atoms with van der Waals surface area (Å²) in [6, 6.07) is 13.3. The number of rotatable bonds is 15. The zero-order valence-corrected chi connectivity index (χ0v) is 19.5. The van der Waals surface area contributed by atoms with Crippen molar-refractivity contribution in [2.24, 2.45) is 0 Å². The summed E-state index contributed by atoms with van der Waals surface area (Å²) in [6.45, 7) is 1.64. The zero-order chi connectivity index (χ0) is 23.3. The number of benzene rings is 2. The van der Waals surface area contributed by atoms with Crippen molar-refractivity contribution in [3.63, 3.8) is 0 Å². The first-order valence-corrected chi connectivity index (χ1v) is 12.2. The molecule has 1 aliphatic rings. The number of aryl methyl sites for hydroxylation is 2. The summed E-state index contributed by atoms with van der Waals surface area (Å²) in [7, 11) is 0. The van der Waals surface area contributed by atoms with Gasteiger partial charge in [0.1, 0.15) is 18.1 Å². The normalized spacial score (nSPS) is 12.5. The Hall–Kier alpha value is -2.66. The van der Waals surface area contributed by atoms with Gasteiger partial charge in [-0.15, -0.1) is 0 Å². The van der Waals surface area contributed by atoms with Crippen molar-refractivity contribution in [3.05, 3.63) is 64.7 Å². The van der Waals surface area contributed by atoms with Crippen molar-refractivity contribution in [2.75, 3.05) is 13.2 Å². The summed E-state index contributed by atoms with van der Waals surface area (Å²) in [5.74, 6) is 0.357. The molecule has 0 saturated carbocycles. The minimum atomic E-state index is -0.127. The zero-order valence-electron chi connectivity index (χ0n) is 19.5. The number of aromatic hydroxyl groups is 1. The van der Waals surface area contributed by atoms with Crippen LogP contribution in [0.15, 0.2) is 42.5 Å². The van der Waals surface area contributed by atoms with E-state index in [0.29, 0.717) is 45.5 Å². The molecule has 0 atom stereocenters. The second kappa shape index (κ2) is 13.8. The molecule has 178 valence electrons. The highest BCUT2D eigenvalue weighted by Crippen LogP contribution is 2.25. The standard InChI is InChI=1S/C28H36O5/c29-25(16-13-22-14-17-26(30)18-15-22)10-6-20-32-19-3-1-2-12-28(31)33-21-24-9-4-7-23-8-5-11-27(23)24/h4,7,9,14-15,17-18,30H,1-3,5-6,8,10-13,16,19-21H2. The Labute approximate surface area is 197 Å². The van der Waals surface area contributed by atoms with Crippen LogP contribution in [0.25, 0.3) is 0 Å². The number of phenolic OH excluding ortho intramolecular Hbond substituents is 1. The second-order valence-electron chi connectivity index (χ2n) is 8.80. The number of hydrogen-bond donors (Lipinski definition) is 1. The van der Waals surface area contributed by atoms with E-state index in [0.717, 1.165) is 49.7 Å². The molecule has 0 fully saturated rings. The van der Waals surface area contributed by atoms with E-state index in [2.05, 4.69) is 18.2 Å². The fourth-order valence-electron chi connectivity index (χ4n) is 4.26. The van der Waals surface area contributed by atoms with Crippen LogP contribution in [0.2, 0.25) is 0 Å². The fourth-order valence-corrected chi connectivity index (χ4v) is 4.26. The Bertz CT molecular complexity index is 888. The van der Waals surface area contributed by atoms with Crippen molar-refractivity contribution in [1.82, 2.24) is 0 Å². The van der Waals surface area contributed by atoms with Gasteiger partial charge in [-0.3, -0.25) is 9.59 Å². The van der Waals surface area contributed by atoms with Crippen molar-refractivity contribution in [1.29, 1.82) is 0 Å². The molecule has 33 heavy (non-hydrogen) atoms. The van der Waals surface area contributed by atoms with Gasteiger partial charge in [0.15, 0.2) is 0 Å². The number of carbonyl (C=O) groups is 2. The molecule has 3 rings (SSSR count). The summed E-state index contributed by atoms with van der Waals surface area (Å²) in [5, 5.41) is 9.28. The molecule has 0 unspecified atom stereocenters. The third kappa shape index (κ3) is 9.01. The quantitative estimate of drug-likeness (QED) is 0.286. The number of ketones is 1. The number of fused-ring (bicyclic) bond motifs is 1. The molecule has 1 aliphatic carbocycles. The van der Waals surface area contributed by atoms with E-state index < -0.39 is 0 Å². The number of unbranched alkanes of at least 4 members (excludes halogenated alkanes) is 2. The molecule has 0 spiro atoms. The van der Waals surface area contributed by atoms with Crippen molar-refractivity contribution in [3.8, 4) is 5.75 Å². The van der Waals surface area contributed by atoms with Crippen LogP contribution in [0.3, 0.4) is 0 Å². The summed E-state index contributed by atoms with van der Waals surface area (Å²) in [6.07, 6.45) is 9.03. The highest BCUT2D eigenvalue weighted by Gasteiger charge is 2.15. The predicted octanol–water partition coefficient (Wildman–Crippen LogP) is 5.48. The van der Waals surface area contributed by atoms with Crippen LogP contribution >= 0.6 is 0 Å². The minimum Gasteiger partial charge on any atom is -0.508 e. The average molecular weight is 453 g/mol. The van der Waals surface area contributed by atoms with E-state index in [1.54, 1.807) is 12.1 Å². The van der Waals surface area contributed by atoms with Crippen LogP contribution in [-0.2, 0) is 44.9 Å². The first kappa shape index (κ1) is 25.0. The average Bonchev–Trinajstić information content (AvgIpc) is 3.31. The van der Waals surface area contributed by atoms with E-state index in [-0.39, 0.29) is 17.5 Å². The lowest BCUT2D eigenvalue weighted by Gasteiger charge is -2.09. The molecule has 0 aliphatic heterocycles. The first-order valence-electron chi connectivity index (χ1n) is 12.2. The monoisotopic (exact) mass is 452 g/mol. The van der Waals surface area contributed by atoms with E-state index in [1.165, 1.54) is 17.5 Å². The van der Waals surface area contributed by atoms with Crippen LogP contribution in [0.4, 0.5) is 0 Å². The van der Waals surface area contributed by atoms with Gasteiger partial charge in [0, 0.05) is 32.5 Å². The SMILES string of the molecule is O=C(CCCOCCCCCC(=O)OCc1cccc2c1CCC2)CCc1ccc(O)cc1. The van der Waals surface area contributed by atoms with E-state index in [4.69, 9.17) is 9.47 Å². The first-order chi connectivity index (χ1) is 16.1. The Morgan fingerprint density at radius 1 is 0.848 bits per heavy atom. The van der Waals surface area contributed by atoms with Crippen LogP contribution < -0.4 is 0 Å². The smallest absolute Gasteiger partial charge is 0.306 e. The van der Waals surface area contributed by atoms with Gasteiger partial charge in [0.25, 0.3) is 0 Å². The molecule has 0 bridgehead atoms. The van der Waals surface area contributed by atoms with Gasteiger partial charge in [-0.05, 0) is 79.3 Å². The highest BCUT2D eigenvalue weighted by atomic mass is 16.5. The highest BCUT2D eigenvalue weighted by molar-refractivity contribution is 5.78. The molecule has 0 heterocycles. The molecule has 0 saturated heterocycles. The summed E-state index contributed by atoms with van der Waals surface area (Å²) in [5.41, 5.74) is 5.00. The van der Waals surface area contributed by atoms with Gasteiger partial charge in [0.2, 0.25) is 0 Å². The van der Waals surface area contributed by atoms with E-state index >= 15 is 0 Å². The van der Waals surface area contributed by atoms with Gasteiger partial charge in [-0.25, -0.2) is 0 Å². The largest absolute Gasteiger partial charge is 0.508 e. The van der Waals surface area contributed by atoms with Crippen LogP contribution in [-0.4, -0.2) is 30.1 Å². The topological polar surface area (TPSA) is 72.8 Å². The Morgan fingerprint density at radius 3 is 2.52 bits per heavy atom. The van der Waals surface area contributed by atoms with Gasteiger partial charge in [-0.2, -0.15) is 0 Å². The van der Waals surface area contributed by atoms with Crippen molar-refractivity contribution >= 4 is 11.8 Å². The lowest BCUT2D eigenvalue weighted by molar-refractivity contribution is -0.145. The molecule has 5 heteroatoms. The fraction of sp³-hybridized carbons (Fsp3) is 0.500. The maximum absolute atomic E-state index is 12.0. The summed E-state index contributed by atoms with van der Waals surface area (Å²) < 4.78 is 11.1. The number of ether oxygens (including phenoxy) is 2. The molecular weight excluding hydrogens is 416 g/mol. The van der Waals surface area contributed by atoms with E-state index in [1.807, 2.05) is 12.1 Å². The van der Waals surface area contributed by atoms with Crippen LogP contribution in [0.5, 0.6) is 5.75 Å². The number of Topliss-reactive ketones (excluding diaryl/α,β-unsaturated/α-hetero) is 1. The maximum Gasteiger partial charge on any atom is 0.306 e. The molecule has 0 radical (unpaired) electrons. The molecule has 2 aromatic carbocycles. The lowest BCUT2D eigenvalue weighted by Crippen LogP contribution is -2.06. The third-order valence-corrected chi connectivity index (χ3v) is 6.17. The Kier molecular flexibility index (Phi) is 10.4. The molecule has 0 amide bonds. The Morgan fingerprint density at radius 2 is 1.67 bits per heavy atom. The number of hydrogen-bond acceptors (Lipinski definition) is 5. The molecule has 2 aromatic rings. The maximum atomic E-state index is 12.0. The van der Waals surface area contributed by atoms with E-state index in [9.17, 15) is 14.7 Å². The number of phenols is 1. The summed E-state index contributed by atoms with van der Waals surface area (Å²) >= 11 is 0. The number of carbonyl (C=O) groups excluding carboxylic acids is 2. The van der Waals surface area contributed by atoms with Crippen molar-refractivity contribution in [2.45, 2.75) is 77.2 Å². The molecule has 1 N–H and O–H groups in total. The second-order valence-corrected chi connectivity index (χ2v) is 8.80. The van der Waals surface area contributed by atoms with Crippen molar-refractivity contribution < 1.29 is 24.2 Å².